The second kappa shape index (κ2) is 5.55. The van der Waals surface area contributed by atoms with Crippen LogP contribution in [0.15, 0.2) is 24.4 Å². The van der Waals surface area contributed by atoms with Gasteiger partial charge in [0.2, 0.25) is 0 Å². The summed E-state index contributed by atoms with van der Waals surface area (Å²) >= 11 is 11.7. The van der Waals surface area contributed by atoms with E-state index in [0.29, 0.717) is 12.1 Å². The van der Waals surface area contributed by atoms with Crippen LogP contribution in [0.5, 0.6) is 0 Å². The fourth-order valence-electron chi connectivity index (χ4n) is 1.78. The average Bonchev–Trinajstić information content (AvgIpc) is 2.37. The molecule has 1 aromatic heterocycles. The van der Waals surface area contributed by atoms with E-state index in [1.807, 2.05) is 6.92 Å². The number of aryl methyl sites for hydroxylation is 1. The molecule has 2 aromatic rings. The number of nitrogens with zero attached hydrogens (tertiary/aromatic N) is 2. The Labute approximate surface area is 120 Å². The summed E-state index contributed by atoms with van der Waals surface area (Å²) in [5.74, 6) is -0.948. The highest BCUT2D eigenvalue weighted by atomic mass is 35.5. The van der Waals surface area contributed by atoms with Gasteiger partial charge in [0.25, 0.3) is 0 Å². The van der Waals surface area contributed by atoms with E-state index in [1.165, 1.54) is 6.20 Å². The Hall–Kier alpha value is -1.65. The monoisotopic (exact) mass is 296 g/mol. The largest absolute Gasteiger partial charge is 0.478 e. The Morgan fingerprint density at radius 2 is 2.11 bits per heavy atom. The molecule has 0 radical (unpaired) electrons. The second-order valence-corrected chi connectivity index (χ2v) is 4.61. The Morgan fingerprint density at radius 1 is 1.37 bits per heavy atom. The van der Waals surface area contributed by atoms with Crippen molar-refractivity contribution in [2.24, 2.45) is 0 Å². The summed E-state index contributed by atoms with van der Waals surface area (Å²) in [5.41, 5.74) is 2.20. The summed E-state index contributed by atoms with van der Waals surface area (Å²) in [6.07, 6.45) is 2.01. The van der Waals surface area contributed by atoms with E-state index in [-0.39, 0.29) is 15.9 Å². The minimum atomic E-state index is -0.948. The molecule has 0 aliphatic carbocycles. The number of halogens is 2. The zero-order valence-corrected chi connectivity index (χ0v) is 11.5. The average molecular weight is 297 g/mol. The van der Waals surface area contributed by atoms with Crippen LogP contribution in [-0.2, 0) is 6.42 Å². The van der Waals surface area contributed by atoms with Gasteiger partial charge in [-0.05, 0) is 24.1 Å². The second-order valence-electron chi connectivity index (χ2n) is 3.86. The van der Waals surface area contributed by atoms with Crippen LogP contribution in [-0.4, -0.2) is 21.0 Å². The van der Waals surface area contributed by atoms with E-state index in [9.17, 15) is 4.79 Å². The lowest BCUT2D eigenvalue weighted by molar-refractivity contribution is 0.0696. The van der Waals surface area contributed by atoms with Gasteiger partial charge in [0.15, 0.2) is 5.15 Å². The first-order valence-corrected chi connectivity index (χ1v) is 6.33. The van der Waals surface area contributed by atoms with Crippen molar-refractivity contribution in [1.82, 2.24) is 9.97 Å². The van der Waals surface area contributed by atoms with Crippen LogP contribution in [0.4, 0.5) is 0 Å². The van der Waals surface area contributed by atoms with Crippen molar-refractivity contribution in [2.45, 2.75) is 13.3 Å². The third kappa shape index (κ3) is 2.85. The molecule has 1 heterocycles. The van der Waals surface area contributed by atoms with E-state index < -0.39 is 5.97 Å². The molecular weight excluding hydrogens is 287 g/mol. The first-order chi connectivity index (χ1) is 9.02. The number of aromatic carboxylic acids is 1. The number of rotatable bonds is 3. The van der Waals surface area contributed by atoms with Gasteiger partial charge in [-0.25, -0.2) is 14.8 Å². The maximum Gasteiger partial charge on any atom is 0.335 e. The fraction of sp³-hybridized carbons (Fsp3) is 0.154. The van der Waals surface area contributed by atoms with Gasteiger partial charge >= 0.3 is 5.97 Å². The first-order valence-electron chi connectivity index (χ1n) is 5.57. The van der Waals surface area contributed by atoms with Crippen molar-refractivity contribution in [3.8, 4) is 11.3 Å². The lowest BCUT2D eigenvalue weighted by Crippen LogP contribution is -2.02. The van der Waals surface area contributed by atoms with Crippen molar-refractivity contribution in [3.05, 3.63) is 45.8 Å². The van der Waals surface area contributed by atoms with Crippen LogP contribution in [0.2, 0.25) is 10.3 Å². The zero-order chi connectivity index (χ0) is 14.0. The lowest BCUT2D eigenvalue weighted by atomic mass is 10.0. The van der Waals surface area contributed by atoms with Crippen LogP contribution in [0.1, 0.15) is 22.8 Å². The molecule has 2 rings (SSSR count). The highest BCUT2D eigenvalue weighted by molar-refractivity contribution is 6.33. The van der Waals surface area contributed by atoms with Gasteiger partial charge in [0.1, 0.15) is 10.8 Å². The van der Waals surface area contributed by atoms with Crippen LogP contribution in [0, 0.1) is 0 Å². The van der Waals surface area contributed by atoms with Crippen LogP contribution in [0.3, 0.4) is 0 Å². The predicted octanol–water partition coefficient (Wildman–Crippen LogP) is 3.71. The van der Waals surface area contributed by atoms with Crippen molar-refractivity contribution in [3.63, 3.8) is 0 Å². The normalized spacial score (nSPS) is 10.5. The van der Waals surface area contributed by atoms with E-state index >= 15 is 0 Å². The summed E-state index contributed by atoms with van der Waals surface area (Å²) in [4.78, 5) is 19.1. The summed E-state index contributed by atoms with van der Waals surface area (Å²) in [6, 6.07) is 4.96. The molecule has 0 bridgehead atoms. The molecule has 0 unspecified atom stereocenters. The highest BCUT2D eigenvalue weighted by Gasteiger charge is 2.13. The Balaban J connectivity index is 2.54. The molecular formula is C13H10Cl2N2O2. The van der Waals surface area contributed by atoms with Gasteiger partial charge < -0.3 is 5.11 Å². The molecule has 0 aliphatic rings. The Morgan fingerprint density at radius 3 is 2.68 bits per heavy atom. The smallest absolute Gasteiger partial charge is 0.335 e. The Bertz CT molecular complexity index is 645. The maximum atomic E-state index is 11.1. The SMILES string of the molecule is CCc1cc(-c2ncc(Cl)nc2Cl)ccc1C(=O)O. The molecule has 0 atom stereocenters. The molecule has 0 spiro atoms. The lowest BCUT2D eigenvalue weighted by Gasteiger charge is -2.08. The fourth-order valence-corrected chi connectivity index (χ4v) is 2.21. The van der Waals surface area contributed by atoms with Crippen molar-refractivity contribution >= 4 is 29.2 Å². The number of carboxylic acid groups (broad SMARTS) is 1. The highest BCUT2D eigenvalue weighted by Crippen LogP contribution is 2.27. The molecule has 0 saturated carbocycles. The van der Waals surface area contributed by atoms with Gasteiger partial charge in [0, 0.05) is 5.56 Å². The minimum absolute atomic E-state index is 0.192. The topological polar surface area (TPSA) is 63.1 Å². The third-order valence-corrected chi connectivity index (χ3v) is 3.14. The number of hydrogen-bond acceptors (Lipinski definition) is 3. The number of aromatic nitrogens is 2. The molecule has 0 fully saturated rings. The van der Waals surface area contributed by atoms with Gasteiger partial charge in [0.05, 0.1) is 11.8 Å². The van der Waals surface area contributed by atoms with E-state index in [0.717, 1.165) is 11.1 Å². The molecule has 4 nitrogen and oxygen atoms in total. The van der Waals surface area contributed by atoms with Crippen molar-refractivity contribution in [2.75, 3.05) is 0 Å². The quantitative estimate of drug-likeness (QED) is 0.938. The molecule has 0 saturated heterocycles. The minimum Gasteiger partial charge on any atom is -0.478 e. The zero-order valence-electron chi connectivity index (χ0n) is 10.0. The number of carbonyl (C=O) groups is 1. The molecule has 0 aliphatic heterocycles. The molecule has 1 aromatic carbocycles. The van der Waals surface area contributed by atoms with Gasteiger partial charge in [-0.1, -0.05) is 36.2 Å². The molecule has 0 amide bonds. The number of benzene rings is 1. The Kier molecular flexibility index (Phi) is 4.02. The third-order valence-electron chi connectivity index (χ3n) is 2.69. The van der Waals surface area contributed by atoms with Crippen molar-refractivity contribution in [1.29, 1.82) is 0 Å². The molecule has 98 valence electrons. The molecule has 1 N–H and O–H groups in total. The van der Waals surface area contributed by atoms with Crippen LogP contribution in [0.25, 0.3) is 11.3 Å². The van der Waals surface area contributed by atoms with Gasteiger partial charge in [-0.3, -0.25) is 0 Å². The van der Waals surface area contributed by atoms with E-state index in [2.05, 4.69) is 9.97 Å². The van der Waals surface area contributed by atoms with E-state index in [4.69, 9.17) is 28.3 Å². The van der Waals surface area contributed by atoms with E-state index in [1.54, 1.807) is 18.2 Å². The first kappa shape index (κ1) is 13.8. The predicted molar refractivity (Wildman–Crippen MR) is 73.8 cm³/mol. The summed E-state index contributed by atoms with van der Waals surface area (Å²) in [7, 11) is 0. The molecule has 6 heteroatoms. The number of hydrogen-bond donors (Lipinski definition) is 1. The van der Waals surface area contributed by atoms with Gasteiger partial charge in [-0.15, -0.1) is 0 Å². The maximum absolute atomic E-state index is 11.1. The standard InChI is InChI=1S/C13H10Cl2N2O2/c1-2-7-5-8(3-4-9(7)13(18)19)11-12(15)17-10(14)6-16-11/h3-6H,2H2,1H3,(H,18,19). The van der Waals surface area contributed by atoms with Crippen LogP contribution >= 0.6 is 23.2 Å². The summed E-state index contributed by atoms with van der Waals surface area (Å²) in [6.45, 7) is 1.89. The van der Waals surface area contributed by atoms with Gasteiger partial charge in [-0.2, -0.15) is 0 Å². The molecule has 19 heavy (non-hydrogen) atoms. The van der Waals surface area contributed by atoms with Crippen molar-refractivity contribution < 1.29 is 9.90 Å². The number of carboxylic acids is 1. The van der Waals surface area contributed by atoms with Crippen LogP contribution < -0.4 is 0 Å². The summed E-state index contributed by atoms with van der Waals surface area (Å²) in [5, 5.41) is 9.48. The summed E-state index contributed by atoms with van der Waals surface area (Å²) < 4.78 is 0.